The Morgan fingerprint density at radius 2 is 1.83 bits per heavy atom. The van der Waals surface area contributed by atoms with Crippen LogP contribution in [-0.4, -0.2) is 28.8 Å². The first-order valence-electron chi connectivity index (χ1n) is 10.1. The van der Waals surface area contributed by atoms with Gasteiger partial charge >= 0.3 is 0 Å². The van der Waals surface area contributed by atoms with Crippen LogP contribution in [0.15, 0.2) is 48.5 Å². The molecule has 29 heavy (non-hydrogen) atoms. The molecule has 0 bridgehead atoms. The fourth-order valence-corrected chi connectivity index (χ4v) is 3.68. The second kappa shape index (κ2) is 8.49. The summed E-state index contributed by atoms with van der Waals surface area (Å²) >= 11 is 0. The number of amides is 1. The molecule has 0 aliphatic heterocycles. The first-order valence-corrected chi connectivity index (χ1v) is 10.1. The molecule has 0 saturated heterocycles. The molecular weight excluding hydrogens is 364 g/mol. The van der Waals surface area contributed by atoms with Gasteiger partial charge in [-0.15, -0.1) is 0 Å². The number of hydrogen-bond donors (Lipinski definition) is 2. The van der Waals surface area contributed by atoms with Crippen molar-refractivity contribution >= 4 is 11.6 Å². The molecule has 0 unspecified atom stereocenters. The molecule has 3 N–H and O–H groups in total. The summed E-state index contributed by atoms with van der Waals surface area (Å²) in [4.78, 5) is 13.0. The third-order valence-electron chi connectivity index (χ3n) is 5.17. The maximum absolute atomic E-state index is 13.0. The van der Waals surface area contributed by atoms with Gasteiger partial charge in [-0.3, -0.25) is 4.79 Å². The van der Waals surface area contributed by atoms with E-state index in [1.54, 1.807) is 0 Å². The number of hydrogen-bond acceptors (Lipinski definition) is 4. The highest BCUT2D eigenvalue weighted by Gasteiger charge is 2.25. The number of nitrogens with two attached hydrogens (primary N) is 1. The monoisotopic (exact) mass is 390 g/mol. The Morgan fingerprint density at radius 3 is 2.55 bits per heavy atom. The number of nitrogens with one attached hydrogen (secondary N) is 1. The average Bonchev–Trinajstić information content (AvgIpc) is 3.14. The summed E-state index contributed by atoms with van der Waals surface area (Å²) < 4.78 is 7.42. The first kappa shape index (κ1) is 19.2. The minimum atomic E-state index is -0.176. The minimum absolute atomic E-state index is 0.176. The Hall–Kier alpha value is -3.12. The van der Waals surface area contributed by atoms with Gasteiger partial charge in [-0.2, -0.15) is 5.10 Å². The van der Waals surface area contributed by atoms with Gasteiger partial charge < -0.3 is 15.8 Å². The van der Waals surface area contributed by atoms with E-state index in [1.807, 2.05) is 28.9 Å². The van der Waals surface area contributed by atoms with Crippen molar-refractivity contribution in [2.24, 2.45) is 5.73 Å². The number of anilines is 1. The molecule has 1 heterocycles. The van der Waals surface area contributed by atoms with Crippen molar-refractivity contribution in [3.05, 3.63) is 71.0 Å². The largest absolute Gasteiger partial charge is 0.492 e. The Balaban J connectivity index is 1.59. The molecule has 0 atom stereocenters. The van der Waals surface area contributed by atoms with Crippen molar-refractivity contribution < 1.29 is 9.53 Å². The summed E-state index contributed by atoms with van der Waals surface area (Å²) in [6.45, 7) is 3.00. The van der Waals surface area contributed by atoms with Gasteiger partial charge in [-0.05, 0) is 69.0 Å². The molecule has 2 aromatic carbocycles. The van der Waals surface area contributed by atoms with Crippen LogP contribution >= 0.6 is 0 Å². The van der Waals surface area contributed by atoms with Gasteiger partial charge in [0.05, 0.1) is 5.69 Å². The molecule has 6 nitrogen and oxygen atoms in total. The maximum Gasteiger partial charge on any atom is 0.276 e. The highest BCUT2D eigenvalue weighted by atomic mass is 16.5. The highest BCUT2D eigenvalue weighted by Crippen LogP contribution is 2.28. The lowest BCUT2D eigenvalue weighted by Gasteiger charge is -2.14. The second-order valence-electron chi connectivity index (χ2n) is 7.34. The van der Waals surface area contributed by atoms with Crippen LogP contribution < -0.4 is 15.8 Å². The number of benzene rings is 2. The molecule has 1 aromatic heterocycles. The predicted octanol–water partition coefficient (Wildman–Crippen LogP) is 3.65. The minimum Gasteiger partial charge on any atom is -0.492 e. The lowest BCUT2D eigenvalue weighted by Crippen LogP contribution is -2.15. The number of fused-ring (bicyclic) bond motifs is 1. The molecule has 150 valence electrons. The summed E-state index contributed by atoms with van der Waals surface area (Å²) in [6.07, 6.45) is 4.03. The quantitative estimate of drug-likeness (QED) is 0.673. The van der Waals surface area contributed by atoms with Crippen molar-refractivity contribution in [2.45, 2.75) is 32.6 Å². The molecule has 0 spiro atoms. The van der Waals surface area contributed by atoms with Crippen molar-refractivity contribution in [1.29, 1.82) is 0 Å². The van der Waals surface area contributed by atoms with E-state index in [9.17, 15) is 4.79 Å². The number of rotatable bonds is 6. The number of ether oxygens (including phenoxy) is 1. The molecule has 1 aliphatic carbocycles. The summed E-state index contributed by atoms with van der Waals surface area (Å²) in [5.74, 6) is 0.555. The van der Waals surface area contributed by atoms with E-state index >= 15 is 0 Å². The van der Waals surface area contributed by atoms with E-state index in [4.69, 9.17) is 15.6 Å². The lowest BCUT2D eigenvalue weighted by atomic mass is 9.95. The molecule has 0 saturated carbocycles. The fourth-order valence-electron chi connectivity index (χ4n) is 3.68. The van der Waals surface area contributed by atoms with Crippen LogP contribution in [0.2, 0.25) is 0 Å². The molecule has 6 heteroatoms. The van der Waals surface area contributed by atoms with Crippen LogP contribution in [0.4, 0.5) is 5.69 Å². The van der Waals surface area contributed by atoms with Crippen molar-refractivity contribution in [2.75, 3.05) is 18.5 Å². The topological polar surface area (TPSA) is 82.2 Å². The smallest absolute Gasteiger partial charge is 0.276 e. The average molecular weight is 390 g/mol. The van der Waals surface area contributed by atoms with Gasteiger partial charge in [0, 0.05) is 23.5 Å². The Labute approximate surface area is 170 Å². The van der Waals surface area contributed by atoms with Crippen LogP contribution in [0, 0.1) is 6.92 Å². The van der Waals surface area contributed by atoms with Crippen molar-refractivity contribution in [1.82, 2.24) is 9.78 Å². The zero-order valence-electron chi connectivity index (χ0n) is 16.6. The summed E-state index contributed by atoms with van der Waals surface area (Å²) in [7, 11) is 0. The van der Waals surface area contributed by atoms with Gasteiger partial charge in [0.15, 0.2) is 5.69 Å². The van der Waals surface area contributed by atoms with E-state index in [0.29, 0.717) is 24.5 Å². The first-order chi connectivity index (χ1) is 14.2. The fraction of sp³-hybridized carbons (Fsp3) is 0.304. The number of aryl methyl sites for hydroxylation is 1. The van der Waals surface area contributed by atoms with Crippen LogP contribution in [0.5, 0.6) is 5.75 Å². The summed E-state index contributed by atoms with van der Waals surface area (Å²) in [5.41, 5.74) is 11.1. The van der Waals surface area contributed by atoms with Gasteiger partial charge in [0.2, 0.25) is 0 Å². The number of nitrogens with zero attached hydrogens (tertiary/aromatic N) is 2. The Morgan fingerprint density at radius 1 is 1.10 bits per heavy atom. The molecule has 0 fully saturated rings. The van der Waals surface area contributed by atoms with Gasteiger partial charge in [-0.1, -0.05) is 17.7 Å². The Bertz CT molecular complexity index is 991. The van der Waals surface area contributed by atoms with Crippen LogP contribution in [0.25, 0.3) is 5.69 Å². The number of carbonyl (C=O) groups excluding carboxylic acids is 1. The molecular formula is C23H26N4O2. The molecule has 1 amide bonds. The number of carbonyl (C=O) groups is 1. The second-order valence-corrected chi connectivity index (χ2v) is 7.34. The van der Waals surface area contributed by atoms with E-state index in [-0.39, 0.29) is 5.91 Å². The lowest BCUT2D eigenvalue weighted by molar-refractivity contribution is 0.102. The molecule has 0 radical (unpaired) electrons. The van der Waals surface area contributed by atoms with Crippen LogP contribution in [0.1, 0.15) is 40.2 Å². The van der Waals surface area contributed by atoms with Crippen LogP contribution in [-0.2, 0) is 12.8 Å². The standard InChI is InChI=1S/C23H26N4O2/c1-16-6-10-18(11-7-16)27-21-5-3-2-4-20(21)22(26-27)23(28)25-17-8-12-19(13-9-17)29-15-14-24/h6-13H,2-5,14-15,24H2,1H3,(H,25,28). The third kappa shape index (κ3) is 4.17. The SMILES string of the molecule is Cc1ccc(-n2nc(C(=O)Nc3ccc(OCCN)cc3)c3c2CCCC3)cc1. The van der Waals surface area contributed by atoms with E-state index in [1.165, 1.54) is 5.56 Å². The zero-order chi connectivity index (χ0) is 20.2. The van der Waals surface area contributed by atoms with E-state index in [2.05, 4.69) is 36.5 Å². The van der Waals surface area contributed by atoms with Gasteiger partial charge in [-0.25, -0.2) is 4.68 Å². The highest BCUT2D eigenvalue weighted by molar-refractivity contribution is 6.04. The number of aromatic nitrogens is 2. The van der Waals surface area contributed by atoms with E-state index in [0.717, 1.165) is 48.4 Å². The predicted molar refractivity (Wildman–Crippen MR) is 114 cm³/mol. The molecule has 3 aromatic rings. The van der Waals surface area contributed by atoms with Gasteiger partial charge in [0.1, 0.15) is 12.4 Å². The normalized spacial score (nSPS) is 13.0. The van der Waals surface area contributed by atoms with Crippen molar-refractivity contribution in [3.8, 4) is 11.4 Å². The molecule has 4 rings (SSSR count). The van der Waals surface area contributed by atoms with E-state index < -0.39 is 0 Å². The summed E-state index contributed by atoms with van der Waals surface area (Å²) in [5, 5.41) is 7.68. The van der Waals surface area contributed by atoms with Crippen molar-refractivity contribution in [3.63, 3.8) is 0 Å². The zero-order valence-corrected chi connectivity index (χ0v) is 16.6. The third-order valence-corrected chi connectivity index (χ3v) is 5.17. The maximum atomic E-state index is 13.0. The summed E-state index contributed by atoms with van der Waals surface area (Å²) in [6, 6.07) is 15.6. The van der Waals surface area contributed by atoms with Gasteiger partial charge in [0.25, 0.3) is 5.91 Å². The van der Waals surface area contributed by atoms with Crippen LogP contribution in [0.3, 0.4) is 0 Å². The Kier molecular flexibility index (Phi) is 5.62. The molecule has 1 aliphatic rings.